The second-order valence-electron chi connectivity index (χ2n) is 1.97. The number of Topliss-reactive ketones (excluding diaryl/α,β-unsaturated/α-hetero) is 1. The highest BCUT2D eigenvalue weighted by Gasteiger charge is 2.06. The topological polar surface area (TPSA) is 17.1 Å². The van der Waals surface area contributed by atoms with E-state index < -0.39 is 0 Å². The summed E-state index contributed by atoms with van der Waals surface area (Å²) in [4.78, 5) is 10.4. The van der Waals surface area contributed by atoms with Crippen LogP contribution in [0.4, 0.5) is 0 Å². The van der Waals surface area contributed by atoms with E-state index in [0.29, 0.717) is 18.6 Å². The van der Waals surface area contributed by atoms with Gasteiger partial charge < -0.3 is 0 Å². The monoisotopic (exact) mass is 96.1 g/mol. The summed E-state index contributed by atoms with van der Waals surface area (Å²) in [6, 6.07) is 0. The zero-order valence-electron chi connectivity index (χ0n) is 4.40. The van der Waals surface area contributed by atoms with Gasteiger partial charge >= 0.3 is 0 Å². The fraction of sp³-hybridized carbons (Fsp3) is 0.500. The zero-order chi connectivity index (χ0) is 5.28. The molecular formula is C6H8O. The maximum absolute atomic E-state index is 10.4. The second kappa shape index (κ2) is 1.49. The molecule has 1 nitrogen and oxygen atoms in total. The van der Waals surface area contributed by atoms with Gasteiger partial charge in [0.05, 0.1) is 0 Å². The van der Waals surface area contributed by atoms with Crippen LogP contribution in [0.2, 0.25) is 0 Å². The Morgan fingerprint density at radius 1 is 1.71 bits per heavy atom. The van der Waals surface area contributed by atoms with Gasteiger partial charge in [-0.05, 0) is 6.92 Å². The van der Waals surface area contributed by atoms with Gasteiger partial charge in [-0.3, -0.25) is 4.79 Å². The van der Waals surface area contributed by atoms with Crippen molar-refractivity contribution in [1.82, 2.24) is 0 Å². The van der Waals surface area contributed by atoms with E-state index in [1.54, 1.807) is 0 Å². The Labute approximate surface area is 43.0 Å². The van der Waals surface area contributed by atoms with Crippen LogP contribution in [0.3, 0.4) is 0 Å². The third-order valence-corrected chi connectivity index (χ3v) is 1.15. The lowest BCUT2D eigenvalue weighted by Crippen LogP contribution is -1.85. The minimum Gasteiger partial charge on any atom is -0.299 e. The molecule has 0 saturated carbocycles. The number of hydrogen-bond acceptors (Lipinski definition) is 1. The lowest BCUT2D eigenvalue weighted by atomic mass is 10.3. The summed E-state index contributed by atoms with van der Waals surface area (Å²) in [5.41, 5.74) is 1.23. The van der Waals surface area contributed by atoms with Crippen molar-refractivity contribution < 1.29 is 4.79 Å². The quantitative estimate of drug-likeness (QED) is 0.415. The molecule has 0 spiro atoms. The molecule has 1 rings (SSSR count). The Kier molecular flexibility index (Phi) is 0.970. The van der Waals surface area contributed by atoms with Crippen molar-refractivity contribution in [1.29, 1.82) is 0 Å². The largest absolute Gasteiger partial charge is 0.299 e. The van der Waals surface area contributed by atoms with Gasteiger partial charge in [-0.2, -0.15) is 0 Å². The van der Waals surface area contributed by atoms with E-state index >= 15 is 0 Å². The smallest absolute Gasteiger partial charge is 0.140 e. The number of carbonyl (C=O) groups excluding carboxylic acids is 1. The van der Waals surface area contributed by atoms with E-state index in [4.69, 9.17) is 0 Å². The van der Waals surface area contributed by atoms with Crippen molar-refractivity contribution in [3.05, 3.63) is 11.6 Å². The van der Waals surface area contributed by atoms with E-state index in [0.717, 1.165) is 0 Å². The number of ketones is 1. The minimum absolute atomic E-state index is 0.359. The summed E-state index contributed by atoms with van der Waals surface area (Å²) in [7, 11) is 0. The molecule has 0 aliphatic heterocycles. The van der Waals surface area contributed by atoms with Crippen molar-refractivity contribution >= 4 is 5.78 Å². The molecule has 0 fully saturated rings. The molecule has 0 N–H and O–H groups in total. The predicted octanol–water partition coefficient (Wildman–Crippen LogP) is 1.30. The van der Waals surface area contributed by atoms with Gasteiger partial charge in [0.25, 0.3) is 0 Å². The van der Waals surface area contributed by atoms with Crippen LogP contribution >= 0.6 is 0 Å². The summed E-state index contributed by atoms with van der Waals surface area (Å²) in [6.07, 6.45) is 3.36. The normalized spacial score (nSPS) is 20.1. The maximum Gasteiger partial charge on any atom is 0.140 e. The number of hydrogen-bond donors (Lipinski definition) is 0. The average Bonchev–Trinajstić information content (AvgIpc) is 1.87. The fourth-order valence-electron chi connectivity index (χ4n) is 0.743. The van der Waals surface area contributed by atoms with Crippen molar-refractivity contribution in [2.24, 2.45) is 0 Å². The van der Waals surface area contributed by atoms with Gasteiger partial charge in [0, 0.05) is 12.8 Å². The fourth-order valence-corrected chi connectivity index (χ4v) is 0.743. The van der Waals surface area contributed by atoms with Gasteiger partial charge in [-0.15, -0.1) is 0 Å². The molecule has 1 aliphatic rings. The molecule has 0 aromatic rings. The van der Waals surface area contributed by atoms with Crippen LogP contribution in [0.15, 0.2) is 11.6 Å². The molecule has 0 radical (unpaired) electrons. The number of allylic oxidation sites excluding steroid dienone is 2. The molecule has 0 amide bonds. The lowest BCUT2D eigenvalue weighted by Gasteiger charge is -1.80. The van der Waals surface area contributed by atoms with Crippen LogP contribution in [-0.2, 0) is 4.79 Å². The molecule has 38 valence electrons. The Morgan fingerprint density at radius 2 is 2.43 bits per heavy atom. The molecule has 7 heavy (non-hydrogen) atoms. The van der Waals surface area contributed by atoms with E-state index in [1.807, 2.05) is 13.0 Å². The Morgan fingerprint density at radius 3 is 2.57 bits per heavy atom. The highest BCUT2D eigenvalue weighted by atomic mass is 16.1. The molecule has 1 heteroatoms. The summed E-state index contributed by atoms with van der Waals surface area (Å²) >= 11 is 0. The van der Waals surface area contributed by atoms with Crippen molar-refractivity contribution in [2.75, 3.05) is 0 Å². The third-order valence-electron chi connectivity index (χ3n) is 1.15. The van der Waals surface area contributed by atoms with Crippen LogP contribution in [-0.4, -0.2) is 5.78 Å². The summed E-state index contributed by atoms with van der Waals surface area (Å²) in [6.45, 7) is 1.99. The summed E-state index contributed by atoms with van der Waals surface area (Å²) in [5.74, 6) is 0.359. The van der Waals surface area contributed by atoms with E-state index in [-0.39, 0.29) is 0 Å². The van der Waals surface area contributed by atoms with Crippen molar-refractivity contribution in [3.63, 3.8) is 0 Å². The Hall–Kier alpha value is -0.590. The van der Waals surface area contributed by atoms with Gasteiger partial charge in [0.2, 0.25) is 0 Å². The predicted molar refractivity (Wildman–Crippen MR) is 28.0 cm³/mol. The van der Waals surface area contributed by atoms with Crippen LogP contribution in [0.5, 0.6) is 0 Å². The molecule has 0 aromatic heterocycles. The van der Waals surface area contributed by atoms with E-state index in [9.17, 15) is 4.79 Å². The van der Waals surface area contributed by atoms with E-state index in [1.165, 1.54) is 5.57 Å². The van der Waals surface area contributed by atoms with Crippen LogP contribution in [0.1, 0.15) is 19.8 Å². The number of rotatable bonds is 0. The zero-order valence-corrected chi connectivity index (χ0v) is 4.40. The van der Waals surface area contributed by atoms with Crippen LogP contribution < -0.4 is 0 Å². The summed E-state index contributed by atoms with van der Waals surface area (Å²) < 4.78 is 0. The highest BCUT2D eigenvalue weighted by Crippen LogP contribution is 2.11. The maximum atomic E-state index is 10.4. The SMILES string of the molecule is CC1=CCC(=O)C1. The first-order valence-electron chi connectivity index (χ1n) is 2.46. The molecule has 0 aromatic carbocycles. The van der Waals surface area contributed by atoms with Crippen molar-refractivity contribution in [3.8, 4) is 0 Å². The van der Waals surface area contributed by atoms with Gasteiger partial charge in [-0.25, -0.2) is 0 Å². The van der Waals surface area contributed by atoms with Crippen LogP contribution in [0, 0.1) is 0 Å². The standard InChI is InChI=1S/C6H8O/c1-5-2-3-6(7)4-5/h2H,3-4H2,1H3. The van der Waals surface area contributed by atoms with E-state index in [2.05, 4.69) is 0 Å². The molecule has 0 atom stereocenters. The molecule has 0 unspecified atom stereocenters. The average molecular weight is 96.1 g/mol. The first-order valence-corrected chi connectivity index (χ1v) is 2.46. The van der Waals surface area contributed by atoms with Crippen molar-refractivity contribution in [2.45, 2.75) is 19.8 Å². The molecule has 0 heterocycles. The molecule has 0 saturated heterocycles. The molecule has 0 bridgehead atoms. The summed E-state index contributed by atoms with van der Waals surface area (Å²) in [5, 5.41) is 0. The first-order chi connectivity index (χ1) is 3.29. The lowest BCUT2D eigenvalue weighted by molar-refractivity contribution is -0.117. The first kappa shape index (κ1) is 4.57. The second-order valence-corrected chi connectivity index (χ2v) is 1.97. The van der Waals surface area contributed by atoms with Gasteiger partial charge in [0.1, 0.15) is 5.78 Å². The Bertz CT molecular complexity index is 122. The highest BCUT2D eigenvalue weighted by molar-refractivity contribution is 5.85. The molecule has 1 aliphatic carbocycles. The number of carbonyl (C=O) groups is 1. The van der Waals surface area contributed by atoms with Gasteiger partial charge in [-0.1, -0.05) is 11.6 Å². The third kappa shape index (κ3) is 0.889. The minimum atomic E-state index is 0.359. The Balaban J connectivity index is 2.58. The van der Waals surface area contributed by atoms with Gasteiger partial charge in [0.15, 0.2) is 0 Å². The molecular weight excluding hydrogens is 88.1 g/mol. The van der Waals surface area contributed by atoms with Crippen LogP contribution in [0.25, 0.3) is 0 Å².